The number of halogens is 1. The number of rotatable bonds is 3. The third kappa shape index (κ3) is 3.27. The summed E-state index contributed by atoms with van der Waals surface area (Å²) in [5, 5.41) is 7.92. The van der Waals surface area contributed by atoms with E-state index >= 15 is 0 Å². The number of fused-ring (bicyclic) bond motifs is 3. The highest BCUT2D eigenvalue weighted by Gasteiger charge is 2.40. The van der Waals surface area contributed by atoms with Gasteiger partial charge >= 0.3 is 0 Å². The number of nitrogens with zero attached hydrogens (tertiary/aromatic N) is 2. The van der Waals surface area contributed by atoms with Gasteiger partial charge in [0.15, 0.2) is 5.69 Å². The Morgan fingerprint density at radius 1 is 1.21 bits per heavy atom. The molecule has 2 fully saturated rings. The second kappa shape index (κ2) is 7.24. The van der Waals surface area contributed by atoms with Crippen LogP contribution in [0.1, 0.15) is 65.8 Å². The third-order valence-corrected chi connectivity index (χ3v) is 7.15. The number of hydrogen-bond acceptors (Lipinski definition) is 3. The summed E-state index contributed by atoms with van der Waals surface area (Å²) in [5.41, 5.74) is 9.97. The molecule has 3 aliphatic rings. The van der Waals surface area contributed by atoms with Gasteiger partial charge in [-0.2, -0.15) is 5.10 Å². The number of aryl methyl sites for hydroxylation is 1. The number of nitrogens with two attached hydrogens (primary N) is 1. The molecule has 1 aromatic carbocycles. The Labute approximate surface area is 170 Å². The van der Waals surface area contributed by atoms with E-state index in [-0.39, 0.29) is 23.8 Å². The first-order valence-electron chi connectivity index (χ1n) is 10.9. The lowest BCUT2D eigenvalue weighted by Gasteiger charge is -2.45. The van der Waals surface area contributed by atoms with Gasteiger partial charge in [0.2, 0.25) is 0 Å². The fraction of sp³-hybridized carbons (Fsp3) is 0.565. The van der Waals surface area contributed by atoms with Gasteiger partial charge in [-0.15, -0.1) is 0 Å². The standard InChI is InChI=1S/C23H29FN4O/c1-13-8-9-20(18(24)10-13)28-19-7-3-6-17(19)22(27-28)23(29)26-21-14-4-2-5-15(21)12-16(25)11-14/h8-10,14-16,21H,2-7,11-12,25H2,1H3,(H,26,29). The smallest absolute Gasteiger partial charge is 0.272 e. The summed E-state index contributed by atoms with van der Waals surface area (Å²) in [7, 11) is 0. The maximum atomic E-state index is 14.6. The Balaban J connectivity index is 1.45. The van der Waals surface area contributed by atoms with Crippen molar-refractivity contribution in [1.29, 1.82) is 0 Å². The maximum absolute atomic E-state index is 14.6. The van der Waals surface area contributed by atoms with Crippen LogP contribution in [0.5, 0.6) is 0 Å². The van der Waals surface area contributed by atoms with E-state index < -0.39 is 0 Å². The van der Waals surface area contributed by atoms with Gasteiger partial charge in [-0.1, -0.05) is 12.5 Å². The van der Waals surface area contributed by atoms with Crippen molar-refractivity contribution < 1.29 is 9.18 Å². The SMILES string of the molecule is Cc1ccc(-n2nc(C(=O)NC3C4CCCC3CC(N)C4)c3c2CCC3)c(F)c1. The predicted octanol–water partition coefficient (Wildman–Crippen LogP) is 3.44. The van der Waals surface area contributed by atoms with Crippen molar-refractivity contribution in [3.05, 3.63) is 46.5 Å². The highest BCUT2D eigenvalue weighted by atomic mass is 19.1. The summed E-state index contributed by atoms with van der Waals surface area (Å²) < 4.78 is 16.3. The van der Waals surface area contributed by atoms with Crippen LogP contribution in [-0.4, -0.2) is 27.8 Å². The second-order valence-corrected chi connectivity index (χ2v) is 9.18. The van der Waals surface area contributed by atoms with Gasteiger partial charge in [-0.05, 0) is 81.4 Å². The van der Waals surface area contributed by atoms with Gasteiger partial charge in [0.05, 0.1) is 0 Å². The zero-order valence-electron chi connectivity index (χ0n) is 17.0. The normalized spacial score (nSPS) is 28.2. The molecule has 2 atom stereocenters. The van der Waals surface area contributed by atoms with Crippen molar-refractivity contribution in [1.82, 2.24) is 15.1 Å². The molecule has 154 valence electrons. The Bertz CT molecular complexity index is 939. The first kappa shape index (κ1) is 18.8. The molecule has 1 aromatic heterocycles. The van der Waals surface area contributed by atoms with Crippen LogP contribution in [0, 0.1) is 24.6 Å². The van der Waals surface area contributed by atoms with E-state index in [1.807, 2.05) is 13.0 Å². The van der Waals surface area contributed by atoms with E-state index in [4.69, 9.17) is 5.73 Å². The topological polar surface area (TPSA) is 72.9 Å². The summed E-state index contributed by atoms with van der Waals surface area (Å²) in [6.45, 7) is 1.87. The Morgan fingerprint density at radius 2 is 1.97 bits per heavy atom. The van der Waals surface area contributed by atoms with Crippen molar-refractivity contribution >= 4 is 5.91 Å². The molecular formula is C23H29FN4O. The van der Waals surface area contributed by atoms with E-state index in [9.17, 15) is 9.18 Å². The minimum atomic E-state index is -0.301. The van der Waals surface area contributed by atoms with Crippen molar-refractivity contribution in [2.45, 2.75) is 70.4 Å². The van der Waals surface area contributed by atoms with Crippen molar-refractivity contribution in [2.24, 2.45) is 17.6 Å². The van der Waals surface area contributed by atoms with Crippen LogP contribution in [0.25, 0.3) is 5.69 Å². The highest BCUT2D eigenvalue weighted by molar-refractivity contribution is 5.94. The summed E-state index contributed by atoms with van der Waals surface area (Å²) in [4.78, 5) is 13.3. The Morgan fingerprint density at radius 3 is 2.69 bits per heavy atom. The second-order valence-electron chi connectivity index (χ2n) is 9.18. The fourth-order valence-electron chi connectivity index (χ4n) is 5.85. The number of carbonyl (C=O) groups excluding carboxylic acids is 1. The molecule has 2 saturated carbocycles. The van der Waals surface area contributed by atoms with Crippen LogP contribution in [0.15, 0.2) is 18.2 Å². The van der Waals surface area contributed by atoms with E-state index in [1.165, 1.54) is 12.5 Å². The van der Waals surface area contributed by atoms with E-state index in [0.717, 1.165) is 61.8 Å². The molecule has 0 aliphatic heterocycles. The van der Waals surface area contributed by atoms with Crippen LogP contribution in [0.3, 0.4) is 0 Å². The zero-order chi connectivity index (χ0) is 20.1. The fourth-order valence-corrected chi connectivity index (χ4v) is 5.85. The lowest BCUT2D eigenvalue weighted by atomic mass is 9.67. The quantitative estimate of drug-likeness (QED) is 0.835. The molecule has 1 amide bonds. The van der Waals surface area contributed by atoms with Crippen LogP contribution >= 0.6 is 0 Å². The lowest BCUT2D eigenvalue weighted by Crippen LogP contribution is -2.53. The third-order valence-electron chi connectivity index (χ3n) is 7.15. The highest BCUT2D eigenvalue weighted by Crippen LogP contribution is 2.40. The lowest BCUT2D eigenvalue weighted by molar-refractivity contribution is 0.0750. The molecular weight excluding hydrogens is 367 g/mol. The van der Waals surface area contributed by atoms with Gasteiger partial charge in [0.25, 0.3) is 5.91 Å². The van der Waals surface area contributed by atoms with Crippen LogP contribution < -0.4 is 11.1 Å². The molecule has 0 saturated heterocycles. The Kier molecular flexibility index (Phi) is 4.69. The monoisotopic (exact) mass is 396 g/mol. The summed E-state index contributed by atoms with van der Waals surface area (Å²) >= 11 is 0. The molecule has 2 unspecified atom stereocenters. The summed E-state index contributed by atoms with van der Waals surface area (Å²) in [6.07, 6.45) is 8.10. The van der Waals surface area contributed by atoms with Crippen LogP contribution in [-0.2, 0) is 12.8 Å². The number of carbonyl (C=O) groups is 1. The molecule has 2 bridgehead atoms. The maximum Gasteiger partial charge on any atom is 0.272 e. The molecule has 3 aliphatic carbocycles. The minimum absolute atomic E-state index is 0.105. The van der Waals surface area contributed by atoms with Crippen LogP contribution in [0.4, 0.5) is 4.39 Å². The van der Waals surface area contributed by atoms with E-state index in [1.54, 1.807) is 10.7 Å². The Hall–Kier alpha value is -2.21. The molecule has 0 spiro atoms. The van der Waals surface area contributed by atoms with Gasteiger partial charge in [0.1, 0.15) is 11.5 Å². The molecule has 3 N–H and O–H groups in total. The first-order chi connectivity index (χ1) is 14.0. The van der Waals surface area contributed by atoms with Crippen LogP contribution in [0.2, 0.25) is 0 Å². The molecule has 5 rings (SSSR count). The van der Waals surface area contributed by atoms with Gasteiger partial charge < -0.3 is 11.1 Å². The van der Waals surface area contributed by atoms with Gasteiger partial charge in [0, 0.05) is 23.3 Å². The molecule has 2 aromatic rings. The van der Waals surface area contributed by atoms with Gasteiger partial charge in [-0.3, -0.25) is 4.79 Å². The van der Waals surface area contributed by atoms with Crippen molar-refractivity contribution in [3.8, 4) is 5.69 Å². The average Bonchev–Trinajstić information content (AvgIpc) is 3.25. The number of hydrogen-bond donors (Lipinski definition) is 2. The summed E-state index contributed by atoms with van der Waals surface area (Å²) in [6, 6.07) is 5.60. The molecule has 1 heterocycles. The minimum Gasteiger partial charge on any atom is -0.347 e. The zero-order valence-corrected chi connectivity index (χ0v) is 17.0. The number of aromatic nitrogens is 2. The van der Waals surface area contributed by atoms with E-state index in [2.05, 4.69) is 10.4 Å². The first-order valence-corrected chi connectivity index (χ1v) is 10.9. The molecule has 0 radical (unpaired) electrons. The summed E-state index contributed by atoms with van der Waals surface area (Å²) in [5.74, 6) is 0.522. The van der Waals surface area contributed by atoms with Crippen molar-refractivity contribution in [3.63, 3.8) is 0 Å². The molecule has 29 heavy (non-hydrogen) atoms. The average molecular weight is 397 g/mol. The predicted molar refractivity (Wildman–Crippen MR) is 110 cm³/mol. The van der Waals surface area contributed by atoms with Crippen molar-refractivity contribution in [2.75, 3.05) is 0 Å². The molecule has 6 heteroatoms. The van der Waals surface area contributed by atoms with Gasteiger partial charge in [-0.25, -0.2) is 9.07 Å². The largest absolute Gasteiger partial charge is 0.347 e. The number of benzene rings is 1. The number of amides is 1. The number of nitrogens with one attached hydrogen (secondary N) is 1. The van der Waals surface area contributed by atoms with E-state index in [0.29, 0.717) is 23.2 Å². The molecule has 5 nitrogen and oxygen atoms in total.